The van der Waals surface area contributed by atoms with Crippen molar-refractivity contribution in [2.75, 3.05) is 5.32 Å². The molecule has 0 aliphatic heterocycles. The molecule has 0 bridgehead atoms. The molecule has 5 nitrogen and oxygen atoms in total. The number of rotatable bonds is 4. The summed E-state index contributed by atoms with van der Waals surface area (Å²) in [4.78, 5) is 13.2. The van der Waals surface area contributed by atoms with Gasteiger partial charge in [-0.25, -0.2) is 15.0 Å². The summed E-state index contributed by atoms with van der Waals surface area (Å²) in [5.74, 6) is 1.64. The van der Waals surface area contributed by atoms with Gasteiger partial charge in [-0.3, -0.25) is 0 Å². The highest BCUT2D eigenvalue weighted by atomic mass is 79.9. The van der Waals surface area contributed by atoms with E-state index < -0.39 is 0 Å². The largest absolute Gasteiger partial charge is 0.331 e. The van der Waals surface area contributed by atoms with Crippen LogP contribution >= 0.6 is 38.9 Å². The average molecular weight is 435 g/mol. The van der Waals surface area contributed by atoms with Crippen molar-refractivity contribution in [3.05, 3.63) is 63.7 Å². The van der Waals surface area contributed by atoms with Crippen LogP contribution in [-0.2, 0) is 6.54 Å². The van der Waals surface area contributed by atoms with Crippen molar-refractivity contribution in [1.29, 1.82) is 0 Å². The zero-order valence-corrected chi connectivity index (χ0v) is 16.4. The molecule has 0 spiro atoms. The predicted octanol–water partition coefficient (Wildman–Crippen LogP) is 5.40. The molecule has 0 saturated heterocycles. The van der Waals surface area contributed by atoms with Gasteiger partial charge >= 0.3 is 0 Å². The zero-order valence-electron chi connectivity index (χ0n) is 13.2. The van der Waals surface area contributed by atoms with E-state index in [0.29, 0.717) is 17.5 Å². The first-order chi connectivity index (χ1) is 12.1. The molecule has 0 aliphatic rings. The first-order valence-corrected chi connectivity index (χ1v) is 9.53. The van der Waals surface area contributed by atoms with Crippen molar-refractivity contribution < 1.29 is 0 Å². The van der Waals surface area contributed by atoms with E-state index in [1.807, 2.05) is 37.4 Å². The van der Waals surface area contributed by atoms with Crippen LogP contribution in [0.15, 0.2) is 47.2 Å². The molecule has 0 unspecified atom stereocenters. The van der Waals surface area contributed by atoms with Crippen molar-refractivity contribution in [2.45, 2.75) is 13.5 Å². The molecule has 8 heteroatoms. The summed E-state index contributed by atoms with van der Waals surface area (Å²) in [5.41, 5.74) is 2.00. The summed E-state index contributed by atoms with van der Waals surface area (Å²) < 4.78 is 4.20. The minimum atomic E-state index is 0.446. The topological polar surface area (TPSA) is 55.6 Å². The lowest BCUT2D eigenvalue weighted by atomic mass is 10.2. The van der Waals surface area contributed by atoms with E-state index in [1.165, 1.54) is 0 Å². The lowest BCUT2D eigenvalue weighted by molar-refractivity contribution is 0.761. The van der Waals surface area contributed by atoms with Gasteiger partial charge in [-0.05, 0) is 42.8 Å². The van der Waals surface area contributed by atoms with E-state index in [4.69, 9.17) is 11.6 Å². The standard InChI is InChI=1S/C17H13BrClN5S/c1-10-20-4-5-24(10)9-11-6-15(19)22-16(7-11)23-17-21-13-3-2-12(18)8-14(13)25-17/h2-8H,9H2,1H3,(H,21,22,23). The molecule has 0 atom stereocenters. The smallest absolute Gasteiger partial charge is 0.189 e. The van der Waals surface area contributed by atoms with Crippen LogP contribution < -0.4 is 5.32 Å². The average Bonchev–Trinajstić information content (AvgIpc) is 3.12. The number of pyridine rings is 1. The molecule has 0 fully saturated rings. The van der Waals surface area contributed by atoms with Crippen LogP contribution in [0.2, 0.25) is 5.15 Å². The summed E-state index contributed by atoms with van der Waals surface area (Å²) in [5, 5.41) is 4.49. The number of thiazole rings is 1. The lowest BCUT2D eigenvalue weighted by Crippen LogP contribution is -2.02. The van der Waals surface area contributed by atoms with Gasteiger partial charge in [-0.2, -0.15) is 0 Å². The quantitative estimate of drug-likeness (QED) is 0.437. The Labute approximate surface area is 161 Å². The van der Waals surface area contributed by atoms with E-state index in [1.54, 1.807) is 17.5 Å². The Bertz CT molecular complexity index is 1060. The third-order valence-electron chi connectivity index (χ3n) is 3.72. The molecule has 4 aromatic rings. The van der Waals surface area contributed by atoms with Gasteiger partial charge in [0.05, 0.1) is 10.2 Å². The van der Waals surface area contributed by atoms with E-state index >= 15 is 0 Å². The maximum absolute atomic E-state index is 6.20. The second-order valence-electron chi connectivity index (χ2n) is 5.54. The van der Waals surface area contributed by atoms with E-state index in [0.717, 1.165) is 31.2 Å². The normalized spacial score (nSPS) is 11.2. The maximum atomic E-state index is 6.20. The maximum Gasteiger partial charge on any atom is 0.189 e. The van der Waals surface area contributed by atoms with Crippen LogP contribution in [-0.4, -0.2) is 19.5 Å². The number of hydrogen-bond acceptors (Lipinski definition) is 5. The van der Waals surface area contributed by atoms with Crippen molar-refractivity contribution in [1.82, 2.24) is 19.5 Å². The molecule has 1 aromatic carbocycles. The van der Waals surface area contributed by atoms with Gasteiger partial charge in [-0.15, -0.1) is 0 Å². The lowest BCUT2D eigenvalue weighted by Gasteiger charge is -2.08. The molecule has 0 saturated carbocycles. The van der Waals surface area contributed by atoms with Crippen LogP contribution in [0.1, 0.15) is 11.4 Å². The van der Waals surface area contributed by atoms with E-state index in [-0.39, 0.29) is 0 Å². The molecule has 1 N–H and O–H groups in total. The monoisotopic (exact) mass is 433 g/mol. The molecule has 0 radical (unpaired) electrons. The molecule has 126 valence electrons. The molecule has 3 aromatic heterocycles. The van der Waals surface area contributed by atoms with Gasteiger partial charge in [-0.1, -0.05) is 38.9 Å². The predicted molar refractivity (Wildman–Crippen MR) is 106 cm³/mol. The van der Waals surface area contributed by atoms with Gasteiger partial charge < -0.3 is 9.88 Å². The van der Waals surface area contributed by atoms with Gasteiger partial charge in [0.2, 0.25) is 0 Å². The minimum Gasteiger partial charge on any atom is -0.331 e. The summed E-state index contributed by atoms with van der Waals surface area (Å²) in [7, 11) is 0. The van der Waals surface area contributed by atoms with Crippen molar-refractivity contribution in [3.8, 4) is 0 Å². The molecular weight excluding hydrogens is 422 g/mol. The van der Waals surface area contributed by atoms with Crippen LogP contribution in [0.3, 0.4) is 0 Å². The number of aryl methyl sites for hydroxylation is 1. The van der Waals surface area contributed by atoms with Crippen molar-refractivity contribution in [3.63, 3.8) is 0 Å². The van der Waals surface area contributed by atoms with Gasteiger partial charge in [0, 0.05) is 23.4 Å². The SMILES string of the molecule is Cc1nccn1Cc1cc(Cl)nc(Nc2nc3ccc(Br)cc3s2)c1. The highest BCUT2D eigenvalue weighted by molar-refractivity contribution is 9.10. The molecule has 3 heterocycles. The number of imidazole rings is 1. The number of benzene rings is 1. The Hall–Kier alpha value is -1.96. The highest BCUT2D eigenvalue weighted by Crippen LogP contribution is 2.30. The Morgan fingerprint density at radius 3 is 2.92 bits per heavy atom. The summed E-state index contributed by atoms with van der Waals surface area (Å²) in [6.07, 6.45) is 3.73. The van der Waals surface area contributed by atoms with E-state index in [9.17, 15) is 0 Å². The van der Waals surface area contributed by atoms with E-state index in [2.05, 4.69) is 46.8 Å². The number of nitrogens with one attached hydrogen (secondary N) is 1. The summed E-state index contributed by atoms with van der Waals surface area (Å²) in [6.45, 7) is 2.66. The molecular formula is C17H13BrClN5S. The Morgan fingerprint density at radius 2 is 2.12 bits per heavy atom. The first-order valence-electron chi connectivity index (χ1n) is 7.54. The fraction of sp³-hybridized carbons (Fsp3) is 0.118. The zero-order chi connectivity index (χ0) is 17.4. The third kappa shape index (κ3) is 3.68. The minimum absolute atomic E-state index is 0.446. The van der Waals surface area contributed by atoms with Crippen LogP contribution in [0, 0.1) is 6.92 Å². The number of fused-ring (bicyclic) bond motifs is 1. The van der Waals surface area contributed by atoms with Crippen molar-refractivity contribution >= 4 is 60.0 Å². The second-order valence-corrected chi connectivity index (χ2v) is 7.88. The number of halogens is 2. The number of hydrogen-bond donors (Lipinski definition) is 1. The number of aromatic nitrogens is 4. The third-order valence-corrected chi connectivity index (χ3v) is 5.34. The van der Waals surface area contributed by atoms with Crippen LogP contribution in [0.5, 0.6) is 0 Å². The Kier molecular flexibility index (Phi) is 4.45. The van der Waals surface area contributed by atoms with Gasteiger partial charge in [0.25, 0.3) is 0 Å². The Balaban J connectivity index is 1.62. The molecule has 0 amide bonds. The Morgan fingerprint density at radius 1 is 1.24 bits per heavy atom. The molecule has 4 rings (SSSR count). The first kappa shape index (κ1) is 16.5. The summed E-state index contributed by atoms with van der Waals surface area (Å²) >= 11 is 11.3. The highest BCUT2D eigenvalue weighted by Gasteiger charge is 2.08. The molecule has 25 heavy (non-hydrogen) atoms. The van der Waals surface area contributed by atoms with Crippen LogP contribution in [0.25, 0.3) is 10.2 Å². The number of anilines is 2. The van der Waals surface area contributed by atoms with Gasteiger partial charge in [0.1, 0.15) is 16.8 Å². The van der Waals surface area contributed by atoms with Crippen LogP contribution in [0.4, 0.5) is 10.9 Å². The van der Waals surface area contributed by atoms with Gasteiger partial charge in [0.15, 0.2) is 5.13 Å². The fourth-order valence-corrected chi connectivity index (χ4v) is 4.19. The molecule has 0 aliphatic carbocycles. The summed E-state index contributed by atoms with van der Waals surface area (Å²) in [6, 6.07) is 9.86. The van der Waals surface area contributed by atoms with Crippen molar-refractivity contribution in [2.24, 2.45) is 0 Å². The fourth-order valence-electron chi connectivity index (χ4n) is 2.53. The number of nitrogens with zero attached hydrogens (tertiary/aromatic N) is 4. The second kappa shape index (κ2) is 6.74.